The van der Waals surface area contributed by atoms with Crippen molar-refractivity contribution in [3.63, 3.8) is 0 Å². The maximum Gasteiger partial charge on any atom is 0.335 e. The molecule has 1 saturated heterocycles. The molecule has 130 valence electrons. The summed E-state index contributed by atoms with van der Waals surface area (Å²) in [6.45, 7) is 1.52. The molecule has 1 amide bonds. The third-order valence-electron chi connectivity index (χ3n) is 4.62. The van der Waals surface area contributed by atoms with Crippen LogP contribution in [-0.2, 0) is 0 Å². The lowest BCUT2D eigenvalue weighted by atomic mass is 9.99. The van der Waals surface area contributed by atoms with Crippen molar-refractivity contribution in [2.45, 2.75) is 6.42 Å². The van der Waals surface area contributed by atoms with Gasteiger partial charge in [0.05, 0.1) is 16.6 Å². The third-order valence-corrected chi connectivity index (χ3v) is 4.81. The van der Waals surface area contributed by atoms with Gasteiger partial charge in [0.25, 0.3) is 5.91 Å². The van der Waals surface area contributed by atoms with Crippen molar-refractivity contribution in [3.8, 4) is 11.1 Å². The molecule has 0 bridgehead atoms. The van der Waals surface area contributed by atoms with Gasteiger partial charge in [-0.05, 0) is 47.9 Å². The van der Waals surface area contributed by atoms with Gasteiger partial charge in [-0.15, -0.1) is 0 Å². The van der Waals surface area contributed by atoms with Gasteiger partial charge in [-0.3, -0.25) is 4.79 Å². The summed E-state index contributed by atoms with van der Waals surface area (Å²) in [6, 6.07) is 13.9. The number of carboxylic acid groups (broad SMARTS) is 1. The standard InChI is InChI=1S/C20H15ClN2O3/c21-18-11-16(19(24)23-8-1-9-23)15-10-14(6-7-17(15)22-18)12-2-4-13(5-3-12)20(25)26/h2-7,10-11H,1,8-9H2,(H,25,26). The van der Waals surface area contributed by atoms with Crippen LogP contribution in [0.4, 0.5) is 0 Å². The highest BCUT2D eigenvalue weighted by Crippen LogP contribution is 2.29. The largest absolute Gasteiger partial charge is 0.478 e. The SMILES string of the molecule is O=C(O)c1ccc(-c2ccc3nc(Cl)cc(C(=O)N4CCC4)c3c2)cc1. The van der Waals surface area contributed by atoms with Gasteiger partial charge in [-0.1, -0.05) is 29.8 Å². The molecule has 3 aromatic rings. The summed E-state index contributed by atoms with van der Waals surface area (Å²) in [5.41, 5.74) is 3.19. The van der Waals surface area contributed by atoms with Crippen molar-refractivity contribution in [2.75, 3.05) is 13.1 Å². The predicted molar refractivity (Wildman–Crippen MR) is 99.7 cm³/mol. The van der Waals surface area contributed by atoms with Crippen LogP contribution in [0, 0.1) is 0 Å². The van der Waals surface area contributed by atoms with Crippen LogP contribution in [0.25, 0.3) is 22.0 Å². The lowest BCUT2D eigenvalue weighted by Gasteiger charge is -2.31. The van der Waals surface area contributed by atoms with E-state index in [0.29, 0.717) is 16.2 Å². The van der Waals surface area contributed by atoms with Gasteiger partial charge >= 0.3 is 5.97 Å². The summed E-state index contributed by atoms with van der Waals surface area (Å²) in [5.74, 6) is -1.000. The Labute approximate surface area is 154 Å². The van der Waals surface area contributed by atoms with Crippen LogP contribution in [0.3, 0.4) is 0 Å². The first-order chi connectivity index (χ1) is 12.5. The van der Waals surface area contributed by atoms with E-state index in [4.69, 9.17) is 16.7 Å². The average molecular weight is 367 g/mol. The lowest BCUT2D eigenvalue weighted by molar-refractivity contribution is 0.0652. The summed E-state index contributed by atoms with van der Waals surface area (Å²) in [6.07, 6.45) is 1.02. The molecule has 4 rings (SSSR count). The number of pyridine rings is 1. The number of hydrogen-bond acceptors (Lipinski definition) is 3. The van der Waals surface area contributed by atoms with Gasteiger partial charge < -0.3 is 10.0 Å². The van der Waals surface area contributed by atoms with E-state index in [1.807, 2.05) is 18.2 Å². The molecule has 0 aliphatic carbocycles. The third kappa shape index (κ3) is 2.91. The highest BCUT2D eigenvalue weighted by molar-refractivity contribution is 6.30. The molecule has 2 aromatic carbocycles. The van der Waals surface area contributed by atoms with Gasteiger partial charge in [0.1, 0.15) is 5.15 Å². The Hall–Kier alpha value is -2.92. The van der Waals surface area contributed by atoms with Crippen molar-refractivity contribution in [3.05, 3.63) is 64.8 Å². The molecule has 5 nitrogen and oxygen atoms in total. The second-order valence-corrected chi connectivity index (χ2v) is 6.64. The number of likely N-dealkylation sites (tertiary alicyclic amines) is 1. The van der Waals surface area contributed by atoms with E-state index in [-0.39, 0.29) is 11.5 Å². The van der Waals surface area contributed by atoms with E-state index < -0.39 is 5.97 Å². The molecule has 0 atom stereocenters. The number of nitrogens with zero attached hydrogens (tertiary/aromatic N) is 2. The minimum atomic E-state index is -0.962. The normalized spacial score (nSPS) is 13.5. The van der Waals surface area contributed by atoms with Crippen molar-refractivity contribution in [1.82, 2.24) is 9.88 Å². The van der Waals surface area contributed by atoms with Crippen LogP contribution >= 0.6 is 11.6 Å². The Morgan fingerprint density at radius 2 is 1.69 bits per heavy atom. The molecular formula is C20H15ClN2O3. The number of rotatable bonds is 3. The fourth-order valence-electron chi connectivity index (χ4n) is 3.04. The number of halogens is 1. The minimum Gasteiger partial charge on any atom is -0.478 e. The minimum absolute atomic E-state index is 0.0380. The van der Waals surface area contributed by atoms with Crippen LogP contribution < -0.4 is 0 Å². The van der Waals surface area contributed by atoms with E-state index in [9.17, 15) is 9.59 Å². The summed E-state index contributed by atoms with van der Waals surface area (Å²) in [4.78, 5) is 29.8. The van der Waals surface area contributed by atoms with E-state index >= 15 is 0 Å². The number of carbonyl (C=O) groups is 2. The topological polar surface area (TPSA) is 70.5 Å². The van der Waals surface area contributed by atoms with E-state index in [2.05, 4.69) is 4.98 Å². The maximum absolute atomic E-state index is 12.7. The van der Waals surface area contributed by atoms with Crippen molar-refractivity contribution < 1.29 is 14.7 Å². The number of fused-ring (bicyclic) bond motifs is 1. The summed E-state index contributed by atoms with van der Waals surface area (Å²) >= 11 is 6.10. The smallest absolute Gasteiger partial charge is 0.335 e. The van der Waals surface area contributed by atoms with Crippen LogP contribution in [0.2, 0.25) is 5.15 Å². The van der Waals surface area contributed by atoms with E-state index in [1.165, 1.54) is 0 Å². The molecule has 0 radical (unpaired) electrons. The number of benzene rings is 2. The van der Waals surface area contributed by atoms with E-state index in [0.717, 1.165) is 36.0 Å². The van der Waals surface area contributed by atoms with Gasteiger partial charge in [0.2, 0.25) is 0 Å². The van der Waals surface area contributed by atoms with Crippen LogP contribution in [-0.4, -0.2) is 40.0 Å². The van der Waals surface area contributed by atoms with Gasteiger partial charge in [0.15, 0.2) is 0 Å². The second-order valence-electron chi connectivity index (χ2n) is 6.25. The zero-order chi connectivity index (χ0) is 18.3. The number of amides is 1. The Kier molecular flexibility index (Phi) is 4.09. The predicted octanol–water partition coefficient (Wildman–Crippen LogP) is 4.10. The first-order valence-electron chi connectivity index (χ1n) is 8.26. The van der Waals surface area contributed by atoms with Crippen LogP contribution in [0.5, 0.6) is 0 Å². The zero-order valence-electron chi connectivity index (χ0n) is 13.8. The monoisotopic (exact) mass is 366 g/mol. The van der Waals surface area contributed by atoms with E-state index in [1.54, 1.807) is 35.2 Å². The zero-order valence-corrected chi connectivity index (χ0v) is 14.5. The number of aromatic nitrogens is 1. The Balaban J connectivity index is 1.81. The first-order valence-corrected chi connectivity index (χ1v) is 8.64. The molecule has 6 heteroatoms. The molecule has 1 N–H and O–H groups in total. The maximum atomic E-state index is 12.7. The summed E-state index contributed by atoms with van der Waals surface area (Å²) in [5, 5.41) is 10.1. The Morgan fingerprint density at radius 1 is 1.00 bits per heavy atom. The summed E-state index contributed by atoms with van der Waals surface area (Å²) in [7, 11) is 0. The van der Waals surface area contributed by atoms with Gasteiger partial charge in [-0.2, -0.15) is 0 Å². The molecule has 1 aliphatic heterocycles. The molecule has 26 heavy (non-hydrogen) atoms. The van der Waals surface area contributed by atoms with Crippen molar-refractivity contribution in [2.24, 2.45) is 0 Å². The molecule has 2 heterocycles. The Bertz CT molecular complexity index is 1030. The fraction of sp³-hybridized carbons (Fsp3) is 0.150. The number of carbonyl (C=O) groups excluding carboxylic acids is 1. The lowest BCUT2D eigenvalue weighted by Crippen LogP contribution is -2.42. The molecule has 1 aromatic heterocycles. The van der Waals surface area contributed by atoms with Crippen LogP contribution in [0.1, 0.15) is 27.1 Å². The molecule has 1 fully saturated rings. The highest BCUT2D eigenvalue weighted by atomic mass is 35.5. The number of hydrogen-bond donors (Lipinski definition) is 1. The number of carboxylic acids is 1. The van der Waals surface area contributed by atoms with Gasteiger partial charge in [0, 0.05) is 18.5 Å². The molecule has 0 unspecified atom stereocenters. The van der Waals surface area contributed by atoms with Crippen LogP contribution in [0.15, 0.2) is 48.5 Å². The Morgan fingerprint density at radius 3 is 2.31 bits per heavy atom. The quantitative estimate of drug-likeness (QED) is 0.708. The molecular weight excluding hydrogens is 352 g/mol. The average Bonchev–Trinajstić information content (AvgIpc) is 2.59. The molecule has 0 spiro atoms. The van der Waals surface area contributed by atoms with Crippen molar-refractivity contribution >= 4 is 34.4 Å². The molecule has 1 aliphatic rings. The van der Waals surface area contributed by atoms with Crippen molar-refractivity contribution in [1.29, 1.82) is 0 Å². The number of aromatic carboxylic acids is 1. The van der Waals surface area contributed by atoms with Gasteiger partial charge in [-0.25, -0.2) is 9.78 Å². The first kappa shape index (κ1) is 16.5. The fourth-order valence-corrected chi connectivity index (χ4v) is 3.25. The molecule has 0 saturated carbocycles. The second kappa shape index (κ2) is 6.42. The highest BCUT2D eigenvalue weighted by Gasteiger charge is 2.24. The summed E-state index contributed by atoms with van der Waals surface area (Å²) < 4.78 is 0.